The predicted molar refractivity (Wildman–Crippen MR) is 394 cm³/mol. The van der Waals surface area contributed by atoms with E-state index in [-0.39, 0.29) is 54.2 Å². The van der Waals surface area contributed by atoms with Crippen LogP contribution in [0.4, 0.5) is 29.2 Å². The zero-order valence-electron chi connectivity index (χ0n) is 58.5. The van der Waals surface area contributed by atoms with Crippen molar-refractivity contribution in [1.82, 2.24) is 54.3 Å². The van der Waals surface area contributed by atoms with Gasteiger partial charge in [0, 0.05) is 53.5 Å². The second kappa shape index (κ2) is 35.4. The molecule has 3 saturated heterocycles. The molecule has 8 heterocycles. The average Bonchev–Trinajstić information content (AvgIpc) is 1.17. The number of aliphatic hydroxyl groups is 3. The molecule has 100 heavy (non-hydrogen) atoms. The maximum Gasteiger partial charge on any atom is 0.231 e. The van der Waals surface area contributed by atoms with Crippen LogP contribution in [-0.2, 0) is 0 Å². The molecule has 0 unspecified atom stereocenters. The lowest BCUT2D eigenvalue weighted by molar-refractivity contribution is 0.244. The van der Waals surface area contributed by atoms with Crippen LogP contribution in [0, 0.1) is 13.8 Å². The Morgan fingerprint density at radius 1 is 0.550 bits per heavy atom. The van der Waals surface area contributed by atoms with Gasteiger partial charge in [-0.25, -0.2) is 29.9 Å². The first kappa shape index (κ1) is 75.3. The minimum absolute atomic E-state index is 0.00283. The van der Waals surface area contributed by atoms with Gasteiger partial charge in [-0.1, -0.05) is 29.8 Å². The van der Waals surface area contributed by atoms with Gasteiger partial charge in [-0.05, 0) is 177 Å². The van der Waals surface area contributed by atoms with Gasteiger partial charge in [-0.3, -0.25) is 0 Å². The molecule has 5 aromatic heterocycles. The van der Waals surface area contributed by atoms with Crippen molar-refractivity contribution in [2.75, 3.05) is 88.7 Å². The van der Waals surface area contributed by atoms with Gasteiger partial charge in [-0.2, -0.15) is 9.97 Å². The number of methoxy groups -OCH3 is 4. The molecule has 3 fully saturated rings. The molecule has 25 nitrogen and oxygen atoms in total. The molecule has 3 aliphatic heterocycles. The maximum absolute atomic E-state index is 9.99. The maximum atomic E-state index is 9.99. The molecule has 0 radical (unpaired) electrons. The summed E-state index contributed by atoms with van der Waals surface area (Å²) in [6, 6.07) is 25.5. The number of ether oxygens (including phenoxy) is 7. The van der Waals surface area contributed by atoms with E-state index in [1.165, 1.54) is 6.42 Å². The van der Waals surface area contributed by atoms with E-state index in [1.807, 2.05) is 132 Å². The van der Waals surface area contributed by atoms with Crippen molar-refractivity contribution in [3.63, 3.8) is 0 Å². The number of rotatable bonds is 19. The van der Waals surface area contributed by atoms with E-state index >= 15 is 0 Å². The molecule has 3 atom stereocenters. The molecule has 10 aromatic rings. The number of fused-ring (bicyclic) bond motifs is 3. The second-order valence-electron chi connectivity index (χ2n) is 24.7. The Hall–Kier alpha value is -8.95. The molecular formula is C72H90Cl3N15O10. The largest absolute Gasteiger partial charge is 0.496 e. The van der Waals surface area contributed by atoms with Gasteiger partial charge < -0.3 is 83.8 Å². The molecule has 28 heteroatoms. The van der Waals surface area contributed by atoms with Crippen molar-refractivity contribution in [1.29, 1.82) is 0 Å². The van der Waals surface area contributed by atoms with Crippen molar-refractivity contribution in [2.45, 2.75) is 130 Å². The number of nitrogen functional groups attached to an aromatic ring is 1. The van der Waals surface area contributed by atoms with E-state index in [2.05, 4.69) is 63.3 Å². The van der Waals surface area contributed by atoms with E-state index in [0.717, 1.165) is 119 Å². The Balaban J connectivity index is 0.000000159. The number of imidazole rings is 2. The second-order valence-corrected chi connectivity index (χ2v) is 25.8. The number of hydrogen-bond acceptors (Lipinski definition) is 23. The number of anilines is 5. The van der Waals surface area contributed by atoms with E-state index in [9.17, 15) is 10.2 Å². The highest BCUT2D eigenvalue weighted by atomic mass is 35.5. The molecule has 5 aromatic carbocycles. The predicted octanol–water partition coefficient (Wildman–Crippen LogP) is 12.9. The Bertz CT molecular complexity index is 4320. The molecule has 7 N–H and O–H groups in total. The number of benzene rings is 5. The van der Waals surface area contributed by atoms with Crippen LogP contribution in [0.1, 0.15) is 91.2 Å². The minimum atomic E-state index is 0.00283. The zero-order chi connectivity index (χ0) is 71.7. The number of nitrogens with two attached hydrogens (primary N) is 1. The van der Waals surface area contributed by atoms with Crippen LogP contribution in [0.2, 0.25) is 15.7 Å². The average molecular weight is 1430 g/mol. The SMILES string of the molecule is CC(C)Oc1cccc2c(Cl)nc(Cl)nc12.CC(C)Oc1cccc2c(N3CCC[C@H]3CO)nc(Cl)nc12.COc1cc(-n2cnc(N)c2)cc(OC)c1OC.COc1cc(-n2cnc(Nc3nc(N4CCC[C@H]4CO)c4cccc(OC(C)C)c4n3)c2)cc(C)c1C.OC[C@@H]1CCCN1. The van der Waals surface area contributed by atoms with Gasteiger partial charge in [0.05, 0.1) is 102 Å². The highest BCUT2D eigenvalue weighted by molar-refractivity contribution is 6.36. The van der Waals surface area contributed by atoms with Crippen molar-refractivity contribution in [2.24, 2.45) is 0 Å². The van der Waals surface area contributed by atoms with Crippen LogP contribution in [0.25, 0.3) is 44.1 Å². The lowest BCUT2D eigenvalue weighted by Gasteiger charge is -2.26. The standard InChI is InChI=1S/C28H34N6O3.C16H20ClN3O2.C12H15N3O3.C11H10Cl2N2O.C5H11NO/c1-17(2)37-23-10-6-9-22-26(23)31-28(32-27(22)34-11-7-8-20(34)15-35)30-25-14-33(16-29-25)21-12-18(3)19(4)24(13-21)36-5;1-10(2)22-13-7-3-6-12-14(13)18-16(17)19-15(12)20-8-4-5-11(20)9-21;1-16-9-4-8(15-6-11(13)14-7-15)5-10(17-2)12(9)18-3;1-6(2)16-8-5-3-4-7-9(8)14-11(13)15-10(7)12;7-4-5-2-1-3-6-5/h6,9-10,12-14,16-17,20,35H,7-8,11,15H2,1-5H3,(H,30,31,32);3,6-7,10-11,21H,4-5,8-9H2,1-2H3;4-7H,13H2,1-3H3;3-6H,1-2H3;5-7H,1-4H2/t20-;11-;;;5-/m00..0/s1. The van der Waals surface area contributed by atoms with Crippen LogP contribution < -0.4 is 59.3 Å². The number of aryl methyl sites for hydroxylation is 1. The summed E-state index contributed by atoms with van der Waals surface area (Å²) in [5.41, 5.74) is 11.7. The third kappa shape index (κ3) is 18.7. The van der Waals surface area contributed by atoms with Gasteiger partial charge in [0.15, 0.2) is 17.3 Å². The molecule has 534 valence electrons. The Morgan fingerprint density at radius 2 is 1.04 bits per heavy atom. The number of aliphatic hydroxyl groups excluding tert-OH is 3. The first-order valence-electron chi connectivity index (χ1n) is 33.2. The van der Waals surface area contributed by atoms with Crippen LogP contribution in [0.3, 0.4) is 0 Å². The van der Waals surface area contributed by atoms with Gasteiger partial charge in [0.2, 0.25) is 22.3 Å². The van der Waals surface area contributed by atoms with E-state index in [1.54, 1.807) is 51.9 Å². The number of nitrogens with zero attached hydrogens (tertiary/aromatic N) is 12. The Morgan fingerprint density at radius 3 is 1.52 bits per heavy atom. The fraction of sp³-hybridized carbons (Fsp3) is 0.417. The summed E-state index contributed by atoms with van der Waals surface area (Å²) in [6.45, 7) is 19.2. The number of halogens is 3. The fourth-order valence-electron chi connectivity index (χ4n) is 11.8. The smallest absolute Gasteiger partial charge is 0.231 e. The number of nitrogens with one attached hydrogen (secondary N) is 2. The summed E-state index contributed by atoms with van der Waals surface area (Å²) in [6.07, 6.45) is 13.4. The lowest BCUT2D eigenvalue weighted by atomic mass is 10.1. The minimum Gasteiger partial charge on any atom is -0.496 e. The quantitative estimate of drug-likeness (QED) is 0.0324. The topological polar surface area (TPSA) is 295 Å². The fourth-order valence-corrected chi connectivity index (χ4v) is 12.4. The Labute approximate surface area is 597 Å². The number of para-hydroxylation sites is 3. The van der Waals surface area contributed by atoms with Crippen molar-refractivity contribution >= 4 is 96.7 Å². The first-order valence-corrected chi connectivity index (χ1v) is 34.4. The number of aromatic nitrogens is 10. The molecule has 0 spiro atoms. The van der Waals surface area contributed by atoms with E-state index < -0.39 is 0 Å². The van der Waals surface area contributed by atoms with Gasteiger partial charge >= 0.3 is 0 Å². The first-order chi connectivity index (χ1) is 48.2. The summed E-state index contributed by atoms with van der Waals surface area (Å²) in [4.78, 5) is 39.3. The zero-order valence-corrected chi connectivity index (χ0v) is 60.8. The highest BCUT2D eigenvalue weighted by Crippen LogP contribution is 2.41. The van der Waals surface area contributed by atoms with Crippen LogP contribution in [0.15, 0.2) is 104 Å². The lowest BCUT2D eigenvalue weighted by Crippen LogP contribution is -2.33. The van der Waals surface area contributed by atoms with Crippen LogP contribution >= 0.6 is 34.8 Å². The molecule has 3 aliphatic rings. The molecule has 0 aliphatic carbocycles. The van der Waals surface area contributed by atoms with Gasteiger partial charge in [-0.15, -0.1) is 0 Å². The molecule has 0 saturated carbocycles. The monoisotopic (exact) mass is 1430 g/mol. The summed E-state index contributed by atoms with van der Waals surface area (Å²) in [5.74, 6) is 7.68. The summed E-state index contributed by atoms with van der Waals surface area (Å²) >= 11 is 17.9. The molecular weight excluding hydrogens is 1340 g/mol. The van der Waals surface area contributed by atoms with Gasteiger partial charge in [0.1, 0.15) is 74.8 Å². The molecule has 0 amide bonds. The van der Waals surface area contributed by atoms with E-state index in [0.29, 0.717) is 75.4 Å². The third-order valence-electron chi connectivity index (χ3n) is 16.6. The number of hydrogen-bond donors (Lipinski definition) is 6. The van der Waals surface area contributed by atoms with Crippen molar-refractivity contribution in [3.8, 4) is 51.6 Å². The van der Waals surface area contributed by atoms with Crippen LogP contribution in [-0.4, -0.2) is 169 Å². The highest BCUT2D eigenvalue weighted by Gasteiger charge is 2.30. The summed E-state index contributed by atoms with van der Waals surface area (Å²) in [7, 11) is 6.39. The Kier molecular flexibility index (Phi) is 26.6. The third-order valence-corrected chi connectivity index (χ3v) is 17.2. The molecule has 13 rings (SSSR count). The van der Waals surface area contributed by atoms with Crippen molar-refractivity contribution in [3.05, 3.63) is 131 Å². The summed E-state index contributed by atoms with van der Waals surface area (Å²) in [5, 5.41) is 37.7. The van der Waals surface area contributed by atoms with Crippen molar-refractivity contribution < 1.29 is 48.5 Å². The van der Waals surface area contributed by atoms with Gasteiger partial charge in [0.25, 0.3) is 0 Å². The summed E-state index contributed by atoms with van der Waals surface area (Å²) < 4.78 is 42.6. The normalized spacial score (nSPS) is 15.6. The molecule has 0 bridgehead atoms. The van der Waals surface area contributed by atoms with Crippen LogP contribution in [0.5, 0.6) is 40.2 Å². The van der Waals surface area contributed by atoms with E-state index in [4.69, 9.17) is 88.8 Å².